The lowest BCUT2D eigenvalue weighted by atomic mass is 9.90. The summed E-state index contributed by atoms with van der Waals surface area (Å²) in [5, 5.41) is 10.4. The summed E-state index contributed by atoms with van der Waals surface area (Å²) in [6.45, 7) is 0.409. The Morgan fingerprint density at radius 3 is 2.88 bits per heavy atom. The monoisotopic (exact) mass is 342 g/mol. The fourth-order valence-corrected chi connectivity index (χ4v) is 3.28. The fourth-order valence-electron chi connectivity index (χ4n) is 3.28. The van der Waals surface area contributed by atoms with Crippen LogP contribution in [0.15, 0.2) is 36.7 Å². The maximum Gasteiger partial charge on any atom is 0.315 e. The molecule has 1 aliphatic carbocycles. The first kappa shape index (κ1) is 17.3. The first-order chi connectivity index (χ1) is 12.1. The molecule has 1 fully saturated rings. The van der Waals surface area contributed by atoms with Gasteiger partial charge in [0.2, 0.25) is 0 Å². The number of carbonyl (C=O) groups excluding carboxylic acids is 1. The third-order valence-corrected chi connectivity index (χ3v) is 4.59. The van der Waals surface area contributed by atoms with E-state index in [0.717, 1.165) is 30.8 Å². The average molecular weight is 342 g/mol. The van der Waals surface area contributed by atoms with Gasteiger partial charge in [-0.3, -0.25) is 4.68 Å². The highest BCUT2D eigenvalue weighted by Crippen LogP contribution is 2.27. The predicted molar refractivity (Wildman–Crippen MR) is 97.5 cm³/mol. The molecule has 7 nitrogen and oxygen atoms in total. The van der Waals surface area contributed by atoms with Crippen LogP contribution in [0.25, 0.3) is 0 Å². The number of anilines is 1. The molecule has 0 bridgehead atoms. The van der Waals surface area contributed by atoms with Gasteiger partial charge < -0.3 is 15.5 Å². The van der Waals surface area contributed by atoms with Gasteiger partial charge in [-0.2, -0.15) is 5.10 Å². The highest BCUT2D eigenvalue weighted by Gasteiger charge is 2.28. The van der Waals surface area contributed by atoms with Gasteiger partial charge in [0.1, 0.15) is 5.82 Å². The molecule has 134 valence electrons. The van der Waals surface area contributed by atoms with E-state index in [9.17, 15) is 4.79 Å². The lowest BCUT2D eigenvalue weighted by molar-refractivity contribution is 0.213. The van der Waals surface area contributed by atoms with Crippen LogP contribution in [0.5, 0.6) is 0 Å². The molecule has 7 heteroatoms. The summed E-state index contributed by atoms with van der Waals surface area (Å²) in [5.41, 5.74) is 0.841. The Balaban J connectivity index is 1.55. The number of hydrogen-bond donors (Lipinski definition) is 2. The van der Waals surface area contributed by atoms with Crippen molar-refractivity contribution in [2.45, 2.75) is 44.3 Å². The van der Waals surface area contributed by atoms with Gasteiger partial charge in [-0.15, -0.1) is 0 Å². The zero-order valence-electron chi connectivity index (χ0n) is 14.9. The van der Waals surface area contributed by atoms with Crippen molar-refractivity contribution in [2.75, 3.05) is 19.0 Å². The maximum atomic E-state index is 12.3. The van der Waals surface area contributed by atoms with Gasteiger partial charge in [-0.05, 0) is 31.0 Å². The second-order valence-corrected chi connectivity index (χ2v) is 6.65. The summed E-state index contributed by atoms with van der Waals surface area (Å²) in [7, 11) is 3.90. The second kappa shape index (κ2) is 8.00. The zero-order valence-corrected chi connectivity index (χ0v) is 14.9. The van der Waals surface area contributed by atoms with E-state index in [1.807, 2.05) is 54.1 Å². The second-order valence-electron chi connectivity index (χ2n) is 6.65. The van der Waals surface area contributed by atoms with Gasteiger partial charge in [0.15, 0.2) is 0 Å². The van der Waals surface area contributed by atoms with E-state index < -0.39 is 0 Å². The summed E-state index contributed by atoms with van der Waals surface area (Å²) in [5.74, 6) is 0.880. The predicted octanol–water partition coefficient (Wildman–Crippen LogP) is 2.33. The molecule has 2 aromatic heterocycles. The highest BCUT2D eigenvalue weighted by molar-refractivity contribution is 5.74. The topological polar surface area (TPSA) is 75.1 Å². The molecule has 25 heavy (non-hydrogen) atoms. The molecule has 3 rings (SSSR count). The van der Waals surface area contributed by atoms with Gasteiger partial charge in [-0.25, -0.2) is 9.78 Å². The fraction of sp³-hybridized carbons (Fsp3) is 0.500. The van der Waals surface area contributed by atoms with E-state index in [0.29, 0.717) is 6.54 Å². The molecule has 0 aromatic carbocycles. The summed E-state index contributed by atoms with van der Waals surface area (Å²) in [6.07, 6.45) is 8.08. The smallest absolute Gasteiger partial charge is 0.315 e. The Hall–Kier alpha value is -2.57. The van der Waals surface area contributed by atoms with Crippen LogP contribution in [0, 0.1) is 0 Å². The standard InChI is InChI=1S/C18H26N6O/c1-23(2)17-10-5-7-14(21-17)13-19-18(25)22-15-8-3-4-9-16(15)24-12-6-11-20-24/h5-7,10-12,15-16H,3-4,8-9,13H2,1-2H3,(H2,19,22,25)/t15-,16-/m1/s1. The lowest BCUT2D eigenvalue weighted by Gasteiger charge is -2.32. The first-order valence-corrected chi connectivity index (χ1v) is 8.80. The molecule has 0 aliphatic heterocycles. The van der Waals surface area contributed by atoms with Crippen LogP contribution in [0.4, 0.5) is 10.6 Å². The molecular weight excluding hydrogens is 316 g/mol. The van der Waals surface area contributed by atoms with Crippen molar-refractivity contribution in [3.8, 4) is 0 Å². The van der Waals surface area contributed by atoms with Crippen molar-refractivity contribution < 1.29 is 4.79 Å². The van der Waals surface area contributed by atoms with Crippen LogP contribution >= 0.6 is 0 Å². The number of urea groups is 1. The van der Waals surface area contributed by atoms with Crippen LogP contribution in [0.1, 0.15) is 37.4 Å². The van der Waals surface area contributed by atoms with Gasteiger partial charge in [0.25, 0.3) is 0 Å². The number of rotatable bonds is 5. The Bertz CT molecular complexity index is 685. The summed E-state index contributed by atoms with van der Waals surface area (Å²) in [4.78, 5) is 18.8. The number of aromatic nitrogens is 3. The number of nitrogens with zero attached hydrogens (tertiary/aromatic N) is 4. The summed E-state index contributed by atoms with van der Waals surface area (Å²) in [6, 6.07) is 7.92. The molecule has 2 aromatic rings. The van der Waals surface area contributed by atoms with E-state index in [4.69, 9.17) is 0 Å². The van der Waals surface area contributed by atoms with Crippen molar-refractivity contribution in [1.29, 1.82) is 0 Å². The minimum Gasteiger partial charge on any atom is -0.363 e. The minimum atomic E-state index is -0.152. The van der Waals surface area contributed by atoms with E-state index in [1.54, 1.807) is 6.20 Å². The highest BCUT2D eigenvalue weighted by atomic mass is 16.2. The Morgan fingerprint density at radius 2 is 2.12 bits per heavy atom. The van der Waals surface area contributed by atoms with E-state index in [-0.39, 0.29) is 18.1 Å². The van der Waals surface area contributed by atoms with Crippen LogP contribution in [-0.2, 0) is 6.54 Å². The van der Waals surface area contributed by atoms with Gasteiger partial charge in [-0.1, -0.05) is 18.9 Å². The van der Waals surface area contributed by atoms with Gasteiger partial charge >= 0.3 is 6.03 Å². The van der Waals surface area contributed by atoms with Crippen molar-refractivity contribution in [1.82, 2.24) is 25.4 Å². The molecule has 0 radical (unpaired) electrons. The third-order valence-electron chi connectivity index (χ3n) is 4.59. The van der Waals surface area contributed by atoms with E-state index in [2.05, 4.69) is 20.7 Å². The molecule has 1 saturated carbocycles. The van der Waals surface area contributed by atoms with Crippen LogP contribution < -0.4 is 15.5 Å². The minimum absolute atomic E-state index is 0.106. The Morgan fingerprint density at radius 1 is 1.28 bits per heavy atom. The molecule has 0 unspecified atom stereocenters. The number of carbonyl (C=O) groups is 1. The van der Waals surface area contributed by atoms with Crippen molar-refractivity contribution in [3.63, 3.8) is 0 Å². The van der Waals surface area contributed by atoms with Crippen molar-refractivity contribution in [3.05, 3.63) is 42.4 Å². The molecule has 2 amide bonds. The van der Waals surface area contributed by atoms with E-state index in [1.165, 1.54) is 6.42 Å². The molecule has 2 atom stereocenters. The van der Waals surface area contributed by atoms with Crippen LogP contribution in [0.2, 0.25) is 0 Å². The van der Waals surface area contributed by atoms with Gasteiger partial charge in [0.05, 0.1) is 24.3 Å². The van der Waals surface area contributed by atoms with Crippen molar-refractivity contribution >= 4 is 11.8 Å². The van der Waals surface area contributed by atoms with E-state index >= 15 is 0 Å². The molecule has 2 N–H and O–H groups in total. The Labute approximate surface area is 148 Å². The lowest BCUT2D eigenvalue weighted by Crippen LogP contribution is -2.47. The quantitative estimate of drug-likeness (QED) is 0.874. The number of pyridine rings is 1. The van der Waals surface area contributed by atoms with Crippen molar-refractivity contribution in [2.24, 2.45) is 0 Å². The molecule has 1 aliphatic rings. The molecule has 0 spiro atoms. The van der Waals surface area contributed by atoms with Crippen LogP contribution in [-0.4, -0.2) is 40.9 Å². The molecule has 2 heterocycles. The zero-order chi connectivity index (χ0) is 17.6. The van der Waals surface area contributed by atoms with Gasteiger partial charge in [0, 0.05) is 26.5 Å². The number of amides is 2. The average Bonchev–Trinajstić information content (AvgIpc) is 3.15. The number of hydrogen-bond acceptors (Lipinski definition) is 4. The van der Waals surface area contributed by atoms with Crippen LogP contribution in [0.3, 0.4) is 0 Å². The SMILES string of the molecule is CN(C)c1cccc(CNC(=O)N[C@@H]2CCCC[C@H]2n2cccn2)n1. The largest absolute Gasteiger partial charge is 0.363 e. The first-order valence-electron chi connectivity index (χ1n) is 8.80. The maximum absolute atomic E-state index is 12.3. The molecular formula is C18H26N6O. The summed E-state index contributed by atoms with van der Waals surface area (Å²) < 4.78 is 1.96. The summed E-state index contributed by atoms with van der Waals surface area (Å²) >= 11 is 0. The third kappa shape index (κ3) is 4.49. The molecule has 0 saturated heterocycles. The normalized spacial score (nSPS) is 20.1. The Kier molecular flexibility index (Phi) is 5.53. The number of nitrogens with one attached hydrogen (secondary N) is 2.